The Labute approximate surface area is 137 Å². The summed E-state index contributed by atoms with van der Waals surface area (Å²) in [6.45, 7) is 4.12. The number of aliphatic imine (C=N–C) groups is 1. The third-order valence-electron chi connectivity index (χ3n) is 3.80. The van der Waals surface area contributed by atoms with E-state index in [1.165, 1.54) is 26.3 Å². The van der Waals surface area contributed by atoms with Crippen molar-refractivity contribution in [2.75, 3.05) is 13.1 Å². The Kier molecular flexibility index (Phi) is 3.48. The minimum Gasteiger partial charge on any atom is -0.318 e. The maximum atomic E-state index is 6.35. The van der Waals surface area contributed by atoms with E-state index in [1.807, 2.05) is 11.8 Å². The molecule has 5 heteroatoms. The van der Waals surface area contributed by atoms with Gasteiger partial charge < -0.3 is 4.90 Å². The fourth-order valence-corrected chi connectivity index (χ4v) is 5.36. The van der Waals surface area contributed by atoms with Gasteiger partial charge in [-0.15, -0.1) is 11.3 Å². The molecule has 3 heterocycles. The number of hydrogen-bond donors (Lipinski definition) is 0. The van der Waals surface area contributed by atoms with Crippen molar-refractivity contribution in [2.24, 2.45) is 4.99 Å². The third kappa shape index (κ3) is 2.20. The van der Waals surface area contributed by atoms with Gasteiger partial charge in [0.15, 0.2) is 5.17 Å². The SMILES string of the molecule is CCCC1=C(c2cc(Cl)cc3ccsc23)N2CCN=C2S1. The summed E-state index contributed by atoms with van der Waals surface area (Å²) in [7, 11) is 0. The van der Waals surface area contributed by atoms with Gasteiger partial charge in [-0.3, -0.25) is 4.99 Å². The Bertz CT molecular complexity index is 776. The minimum absolute atomic E-state index is 0.814. The van der Waals surface area contributed by atoms with Gasteiger partial charge in [-0.25, -0.2) is 0 Å². The average Bonchev–Trinajstić information content (AvgIpc) is 3.12. The summed E-state index contributed by atoms with van der Waals surface area (Å²) in [5.74, 6) is 0. The van der Waals surface area contributed by atoms with Crippen LogP contribution in [0.5, 0.6) is 0 Å². The Hall–Kier alpha value is -0.970. The lowest BCUT2D eigenvalue weighted by molar-refractivity contribution is 0.646. The van der Waals surface area contributed by atoms with E-state index in [2.05, 4.69) is 40.4 Å². The molecule has 0 spiro atoms. The highest BCUT2D eigenvalue weighted by Gasteiger charge is 2.33. The molecule has 21 heavy (non-hydrogen) atoms. The zero-order valence-electron chi connectivity index (χ0n) is 11.7. The Morgan fingerprint density at radius 2 is 2.29 bits per heavy atom. The molecule has 0 bridgehead atoms. The standard InChI is InChI=1S/C16H15ClN2S2/c1-2-3-13-14(19-6-5-18-16(19)21-13)12-9-11(17)8-10-4-7-20-15(10)12/h4,7-9H,2-3,5-6H2,1H3. The molecule has 4 rings (SSSR count). The number of thiophene rings is 1. The van der Waals surface area contributed by atoms with E-state index in [-0.39, 0.29) is 0 Å². The fraction of sp³-hybridized carbons (Fsp3) is 0.312. The van der Waals surface area contributed by atoms with Crippen molar-refractivity contribution in [3.63, 3.8) is 0 Å². The summed E-state index contributed by atoms with van der Waals surface area (Å²) in [6.07, 6.45) is 2.26. The second-order valence-electron chi connectivity index (χ2n) is 5.23. The normalized spacial score (nSPS) is 17.8. The molecule has 0 saturated heterocycles. The maximum Gasteiger partial charge on any atom is 0.168 e. The van der Waals surface area contributed by atoms with Crippen molar-refractivity contribution in [3.8, 4) is 0 Å². The quantitative estimate of drug-likeness (QED) is 0.742. The molecule has 2 nitrogen and oxygen atoms in total. The van der Waals surface area contributed by atoms with Crippen LogP contribution in [0.25, 0.3) is 15.8 Å². The molecule has 2 aliphatic heterocycles. The first-order valence-corrected chi connectivity index (χ1v) is 9.25. The number of thioether (sulfide) groups is 1. The van der Waals surface area contributed by atoms with E-state index in [0.29, 0.717) is 0 Å². The Balaban J connectivity index is 1.94. The molecule has 0 unspecified atom stereocenters. The van der Waals surface area contributed by atoms with E-state index >= 15 is 0 Å². The zero-order valence-corrected chi connectivity index (χ0v) is 14.1. The van der Waals surface area contributed by atoms with Gasteiger partial charge in [-0.2, -0.15) is 0 Å². The maximum absolute atomic E-state index is 6.35. The predicted octanol–water partition coefficient (Wildman–Crippen LogP) is 5.44. The molecule has 0 N–H and O–H groups in total. The van der Waals surface area contributed by atoms with Gasteiger partial charge in [0.1, 0.15) is 0 Å². The highest BCUT2D eigenvalue weighted by atomic mass is 35.5. The van der Waals surface area contributed by atoms with E-state index in [9.17, 15) is 0 Å². The topological polar surface area (TPSA) is 15.6 Å². The molecule has 108 valence electrons. The van der Waals surface area contributed by atoms with Crippen LogP contribution in [-0.4, -0.2) is 23.2 Å². The molecule has 0 fully saturated rings. The van der Waals surface area contributed by atoms with Crippen LogP contribution < -0.4 is 0 Å². The van der Waals surface area contributed by atoms with Crippen LogP contribution in [0.15, 0.2) is 33.5 Å². The Morgan fingerprint density at radius 1 is 1.38 bits per heavy atom. The first-order chi connectivity index (χ1) is 10.3. The van der Waals surface area contributed by atoms with Gasteiger partial charge in [0, 0.05) is 26.7 Å². The van der Waals surface area contributed by atoms with Gasteiger partial charge in [-0.05, 0) is 35.4 Å². The van der Waals surface area contributed by atoms with Crippen molar-refractivity contribution in [2.45, 2.75) is 19.8 Å². The first kappa shape index (κ1) is 13.7. The fourth-order valence-electron chi connectivity index (χ4n) is 2.94. The number of halogens is 1. The predicted molar refractivity (Wildman–Crippen MR) is 95.3 cm³/mol. The van der Waals surface area contributed by atoms with E-state index < -0.39 is 0 Å². The van der Waals surface area contributed by atoms with Crippen LogP contribution in [0.4, 0.5) is 0 Å². The third-order valence-corrected chi connectivity index (χ3v) is 6.16. The van der Waals surface area contributed by atoms with E-state index in [1.54, 1.807) is 11.3 Å². The molecule has 1 aromatic carbocycles. The van der Waals surface area contributed by atoms with Gasteiger partial charge in [-0.1, -0.05) is 36.7 Å². The molecule has 1 aromatic heterocycles. The molecular formula is C16H15ClN2S2. The number of nitrogens with zero attached hydrogens (tertiary/aromatic N) is 2. The number of amidine groups is 1. The summed E-state index contributed by atoms with van der Waals surface area (Å²) in [5.41, 5.74) is 2.61. The van der Waals surface area contributed by atoms with E-state index in [4.69, 9.17) is 11.6 Å². The Morgan fingerprint density at radius 3 is 3.14 bits per heavy atom. The highest BCUT2D eigenvalue weighted by Crippen LogP contribution is 2.46. The van der Waals surface area contributed by atoms with Crippen molar-refractivity contribution in [3.05, 3.63) is 39.1 Å². The lowest BCUT2D eigenvalue weighted by atomic mass is 10.1. The molecule has 0 atom stereocenters. The summed E-state index contributed by atoms with van der Waals surface area (Å²) in [6, 6.07) is 6.32. The van der Waals surface area contributed by atoms with Crippen molar-refractivity contribution in [1.82, 2.24) is 4.90 Å². The molecule has 2 aliphatic rings. The molecule has 2 aromatic rings. The van der Waals surface area contributed by atoms with Crippen molar-refractivity contribution >= 4 is 55.7 Å². The van der Waals surface area contributed by atoms with Gasteiger partial charge >= 0.3 is 0 Å². The second kappa shape index (κ2) is 5.34. The average molecular weight is 335 g/mol. The lowest BCUT2D eigenvalue weighted by Gasteiger charge is -2.18. The van der Waals surface area contributed by atoms with Crippen LogP contribution in [0.2, 0.25) is 5.02 Å². The number of allylic oxidation sites excluding steroid dienone is 1. The summed E-state index contributed by atoms with van der Waals surface area (Å²) < 4.78 is 1.33. The number of fused-ring (bicyclic) bond motifs is 2. The number of benzene rings is 1. The van der Waals surface area contributed by atoms with E-state index in [0.717, 1.165) is 36.1 Å². The minimum atomic E-state index is 0.814. The summed E-state index contributed by atoms with van der Waals surface area (Å²) in [4.78, 5) is 8.44. The van der Waals surface area contributed by atoms with Crippen LogP contribution in [0.1, 0.15) is 25.3 Å². The molecular weight excluding hydrogens is 320 g/mol. The zero-order chi connectivity index (χ0) is 14.4. The monoisotopic (exact) mass is 334 g/mol. The van der Waals surface area contributed by atoms with Gasteiger partial charge in [0.2, 0.25) is 0 Å². The highest BCUT2D eigenvalue weighted by molar-refractivity contribution is 8.17. The van der Waals surface area contributed by atoms with Crippen molar-refractivity contribution in [1.29, 1.82) is 0 Å². The molecule has 0 amide bonds. The van der Waals surface area contributed by atoms with Gasteiger partial charge in [0.05, 0.1) is 12.2 Å². The lowest BCUT2D eigenvalue weighted by Crippen LogP contribution is -2.20. The van der Waals surface area contributed by atoms with Crippen LogP contribution in [-0.2, 0) is 0 Å². The first-order valence-electron chi connectivity index (χ1n) is 7.18. The molecule has 0 aliphatic carbocycles. The second-order valence-corrected chi connectivity index (χ2v) is 7.65. The summed E-state index contributed by atoms with van der Waals surface area (Å²) >= 11 is 9.99. The molecule has 0 saturated carbocycles. The number of rotatable bonds is 3. The smallest absolute Gasteiger partial charge is 0.168 e. The number of hydrogen-bond acceptors (Lipinski definition) is 4. The molecule has 0 radical (unpaired) electrons. The van der Waals surface area contributed by atoms with Gasteiger partial charge in [0.25, 0.3) is 0 Å². The van der Waals surface area contributed by atoms with Crippen molar-refractivity contribution < 1.29 is 0 Å². The van der Waals surface area contributed by atoms with Crippen LogP contribution in [0.3, 0.4) is 0 Å². The van der Waals surface area contributed by atoms with Crippen LogP contribution >= 0.6 is 34.7 Å². The van der Waals surface area contributed by atoms with Crippen LogP contribution in [0, 0.1) is 0 Å². The largest absolute Gasteiger partial charge is 0.318 e. The summed E-state index contributed by atoms with van der Waals surface area (Å²) in [5, 5.41) is 5.36.